The Hall–Kier alpha value is -2.19. The van der Waals surface area contributed by atoms with Crippen LogP contribution in [0.15, 0.2) is 34.3 Å². The number of nitrogens with zero attached hydrogens (tertiary/aromatic N) is 4. The van der Waals surface area contributed by atoms with Crippen molar-refractivity contribution in [2.24, 2.45) is 5.92 Å². The third-order valence-corrected chi connectivity index (χ3v) is 7.45. The summed E-state index contributed by atoms with van der Waals surface area (Å²) < 4.78 is 1.66. The van der Waals surface area contributed by atoms with Gasteiger partial charge in [-0.15, -0.1) is 11.3 Å². The van der Waals surface area contributed by atoms with E-state index < -0.39 is 0 Å². The van der Waals surface area contributed by atoms with E-state index in [1.807, 2.05) is 45.9 Å². The Bertz CT molecular complexity index is 1090. The number of thioether (sulfide) groups is 1. The van der Waals surface area contributed by atoms with Crippen molar-refractivity contribution >= 4 is 39.2 Å². The SMILES string of the molecule is Cc1sc2nc(SC(C(=O)N(C)C)C(C)C)n(Cc3ccccn3)c(=O)c2c1C. The van der Waals surface area contributed by atoms with Gasteiger partial charge in [-0.2, -0.15) is 0 Å². The molecule has 0 aliphatic heterocycles. The van der Waals surface area contributed by atoms with Gasteiger partial charge < -0.3 is 4.90 Å². The van der Waals surface area contributed by atoms with E-state index in [0.717, 1.165) is 21.0 Å². The maximum absolute atomic E-state index is 13.4. The summed E-state index contributed by atoms with van der Waals surface area (Å²) in [6.45, 7) is 8.31. The van der Waals surface area contributed by atoms with Crippen molar-refractivity contribution in [3.05, 3.63) is 50.9 Å². The molecular formula is C21H26N4O2S2. The van der Waals surface area contributed by atoms with Gasteiger partial charge >= 0.3 is 0 Å². The van der Waals surface area contributed by atoms with E-state index in [-0.39, 0.29) is 22.6 Å². The quantitative estimate of drug-likeness (QED) is 0.440. The molecular weight excluding hydrogens is 404 g/mol. The molecule has 1 atom stereocenters. The summed E-state index contributed by atoms with van der Waals surface area (Å²) in [5, 5.41) is 0.891. The highest BCUT2D eigenvalue weighted by molar-refractivity contribution is 8.00. The molecule has 0 fully saturated rings. The first-order valence-corrected chi connectivity index (χ1v) is 11.2. The minimum absolute atomic E-state index is 0.0160. The molecule has 0 saturated heterocycles. The van der Waals surface area contributed by atoms with Crippen LogP contribution in [0, 0.1) is 19.8 Å². The van der Waals surface area contributed by atoms with Crippen LogP contribution in [-0.4, -0.2) is 44.7 Å². The first kappa shape index (κ1) is 21.5. The molecule has 0 radical (unpaired) electrons. The summed E-state index contributed by atoms with van der Waals surface area (Å²) in [4.78, 5) is 38.8. The highest BCUT2D eigenvalue weighted by Crippen LogP contribution is 2.32. The lowest BCUT2D eigenvalue weighted by atomic mass is 10.1. The number of thiophene rings is 1. The van der Waals surface area contributed by atoms with Crippen molar-refractivity contribution in [3.63, 3.8) is 0 Å². The van der Waals surface area contributed by atoms with Gasteiger partial charge in [-0.05, 0) is 37.5 Å². The Balaban J connectivity index is 2.17. The molecule has 3 aromatic heterocycles. The first-order valence-electron chi connectivity index (χ1n) is 9.49. The monoisotopic (exact) mass is 430 g/mol. The van der Waals surface area contributed by atoms with E-state index in [9.17, 15) is 9.59 Å². The lowest BCUT2D eigenvalue weighted by Gasteiger charge is -2.24. The van der Waals surface area contributed by atoms with Gasteiger partial charge in [-0.3, -0.25) is 19.1 Å². The number of fused-ring (bicyclic) bond motifs is 1. The first-order chi connectivity index (χ1) is 13.7. The summed E-state index contributed by atoms with van der Waals surface area (Å²) in [5.74, 6) is 0.111. The van der Waals surface area contributed by atoms with Crippen LogP contribution < -0.4 is 5.56 Å². The van der Waals surface area contributed by atoms with Crippen LogP contribution in [0.25, 0.3) is 10.2 Å². The molecule has 29 heavy (non-hydrogen) atoms. The van der Waals surface area contributed by atoms with Gasteiger partial charge in [0.2, 0.25) is 5.91 Å². The van der Waals surface area contributed by atoms with Gasteiger partial charge in [0.15, 0.2) is 5.16 Å². The minimum atomic E-state index is -0.327. The molecule has 0 saturated carbocycles. The molecule has 154 valence electrons. The van der Waals surface area contributed by atoms with Gasteiger partial charge in [-0.25, -0.2) is 4.98 Å². The number of amides is 1. The number of pyridine rings is 1. The van der Waals surface area contributed by atoms with Gasteiger partial charge in [0.05, 0.1) is 22.9 Å². The fourth-order valence-electron chi connectivity index (χ4n) is 3.03. The lowest BCUT2D eigenvalue weighted by Crippen LogP contribution is -2.36. The van der Waals surface area contributed by atoms with Crippen molar-refractivity contribution < 1.29 is 4.79 Å². The normalized spacial score (nSPS) is 12.5. The van der Waals surface area contributed by atoms with Gasteiger partial charge in [0.1, 0.15) is 4.83 Å². The van der Waals surface area contributed by atoms with E-state index in [0.29, 0.717) is 17.1 Å². The van der Waals surface area contributed by atoms with Crippen molar-refractivity contribution in [1.82, 2.24) is 19.4 Å². The Kier molecular flexibility index (Phi) is 6.43. The summed E-state index contributed by atoms with van der Waals surface area (Å²) in [6, 6.07) is 5.64. The van der Waals surface area contributed by atoms with Crippen LogP contribution in [-0.2, 0) is 11.3 Å². The number of aromatic nitrogens is 3. The Labute approximate surface area is 179 Å². The van der Waals surface area contributed by atoms with E-state index >= 15 is 0 Å². The van der Waals surface area contributed by atoms with Crippen molar-refractivity contribution in [2.75, 3.05) is 14.1 Å². The fraction of sp³-hybridized carbons (Fsp3) is 0.429. The Morgan fingerprint density at radius 2 is 2.00 bits per heavy atom. The summed E-state index contributed by atoms with van der Waals surface area (Å²) in [6.07, 6.45) is 1.71. The average Bonchev–Trinajstić information content (AvgIpc) is 2.96. The van der Waals surface area contributed by atoms with Gasteiger partial charge in [0, 0.05) is 25.2 Å². The second-order valence-electron chi connectivity index (χ2n) is 7.59. The topological polar surface area (TPSA) is 68.1 Å². The average molecular weight is 431 g/mol. The van der Waals surface area contributed by atoms with E-state index in [2.05, 4.69) is 4.98 Å². The number of hydrogen-bond acceptors (Lipinski definition) is 6. The zero-order chi connectivity index (χ0) is 21.3. The summed E-state index contributed by atoms with van der Waals surface area (Å²) in [7, 11) is 3.50. The lowest BCUT2D eigenvalue weighted by molar-refractivity contribution is -0.128. The maximum Gasteiger partial charge on any atom is 0.263 e. The number of rotatable bonds is 6. The molecule has 1 amide bonds. The highest BCUT2D eigenvalue weighted by atomic mass is 32.2. The summed E-state index contributed by atoms with van der Waals surface area (Å²) in [5.41, 5.74) is 1.67. The van der Waals surface area contributed by atoms with Crippen LogP contribution in [0.1, 0.15) is 30.0 Å². The molecule has 0 bridgehead atoms. The number of hydrogen-bond donors (Lipinski definition) is 0. The number of aryl methyl sites for hydroxylation is 2. The molecule has 0 N–H and O–H groups in total. The largest absolute Gasteiger partial charge is 0.348 e. The molecule has 8 heteroatoms. The molecule has 0 aromatic carbocycles. The second kappa shape index (κ2) is 8.67. The van der Waals surface area contributed by atoms with E-state index in [4.69, 9.17) is 4.98 Å². The van der Waals surface area contributed by atoms with Crippen LogP contribution in [0.3, 0.4) is 0 Å². The zero-order valence-electron chi connectivity index (χ0n) is 17.6. The molecule has 0 aliphatic rings. The molecule has 6 nitrogen and oxygen atoms in total. The third kappa shape index (κ3) is 4.38. The zero-order valence-corrected chi connectivity index (χ0v) is 19.2. The van der Waals surface area contributed by atoms with Gasteiger partial charge in [0.25, 0.3) is 5.56 Å². The molecule has 3 heterocycles. The number of carbonyl (C=O) groups is 1. The van der Waals surface area contributed by atoms with Crippen LogP contribution >= 0.6 is 23.1 Å². The van der Waals surface area contributed by atoms with Crippen molar-refractivity contribution in [1.29, 1.82) is 0 Å². The van der Waals surface area contributed by atoms with Crippen LogP contribution in [0.4, 0.5) is 0 Å². The molecule has 1 unspecified atom stereocenters. The van der Waals surface area contributed by atoms with E-state index in [1.54, 1.807) is 29.8 Å². The second-order valence-corrected chi connectivity index (χ2v) is 9.90. The third-order valence-electron chi connectivity index (χ3n) is 4.82. The maximum atomic E-state index is 13.4. The molecule has 0 aliphatic carbocycles. The molecule has 3 rings (SSSR count). The summed E-state index contributed by atoms with van der Waals surface area (Å²) >= 11 is 2.89. The number of carbonyl (C=O) groups excluding carboxylic acids is 1. The molecule has 0 spiro atoms. The molecule has 3 aromatic rings. The van der Waals surface area contributed by atoms with Crippen LogP contribution in [0.5, 0.6) is 0 Å². The highest BCUT2D eigenvalue weighted by Gasteiger charge is 2.28. The van der Waals surface area contributed by atoms with Crippen molar-refractivity contribution in [2.45, 2.75) is 44.6 Å². The standard InChI is InChI=1S/C21H26N4O2S2/c1-12(2)17(20(27)24(5)6)29-21-23-18-16(13(3)14(4)28-18)19(26)25(21)11-15-9-7-8-10-22-15/h7-10,12,17H,11H2,1-6H3. The van der Waals surface area contributed by atoms with Gasteiger partial charge in [-0.1, -0.05) is 31.7 Å². The predicted octanol–water partition coefficient (Wildman–Crippen LogP) is 3.72. The van der Waals surface area contributed by atoms with E-state index in [1.165, 1.54) is 23.1 Å². The fourth-order valence-corrected chi connectivity index (χ4v) is 5.34. The van der Waals surface area contributed by atoms with Crippen molar-refractivity contribution in [3.8, 4) is 0 Å². The van der Waals surface area contributed by atoms with Crippen LogP contribution in [0.2, 0.25) is 0 Å². The predicted molar refractivity (Wildman–Crippen MR) is 120 cm³/mol. The minimum Gasteiger partial charge on any atom is -0.348 e. The Morgan fingerprint density at radius 3 is 2.59 bits per heavy atom. The smallest absolute Gasteiger partial charge is 0.263 e. The Morgan fingerprint density at radius 1 is 1.28 bits per heavy atom.